The van der Waals surface area contributed by atoms with Crippen molar-refractivity contribution in [3.63, 3.8) is 0 Å². The molecule has 1 aromatic carbocycles. The summed E-state index contributed by atoms with van der Waals surface area (Å²) in [6, 6.07) is 8.67. The second-order valence-electron chi connectivity index (χ2n) is 4.96. The normalized spacial score (nSPS) is 12.6. The van der Waals surface area contributed by atoms with Gasteiger partial charge >= 0.3 is 0 Å². The monoisotopic (exact) mass is 284 g/mol. The van der Waals surface area contributed by atoms with E-state index in [1.165, 1.54) is 11.1 Å². The summed E-state index contributed by atoms with van der Waals surface area (Å²) in [5.74, 6) is 1.25. The van der Waals surface area contributed by atoms with E-state index in [-0.39, 0.29) is 0 Å². The van der Waals surface area contributed by atoms with Crippen molar-refractivity contribution in [1.82, 2.24) is 0 Å². The van der Waals surface area contributed by atoms with Crippen molar-refractivity contribution in [3.05, 3.63) is 35.4 Å². The third kappa shape index (κ3) is 7.56. The van der Waals surface area contributed by atoms with E-state index in [4.69, 9.17) is 21.1 Å². The highest BCUT2D eigenvalue weighted by atomic mass is 35.5. The average Bonchev–Trinajstić information content (AvgIpc) is 2.41. The molecule has 0 amide bonds. The van der Waals surface area contributed by atoms with Crippen molar-refractivity contribution in [2.75, 3.05) is 32.8 Å². The van der Waals surface area contributed by atoms with E-state index in [0.717, 1.165) is 25.9 Å². The number of hydrogen-bond donors (Lipinski definition) is 0. The zero-order chi connectivity index (χ0) is 13.9. The zero-order valence-corrected chi connectivity index (χ0v) is 12.8. The fourth-order valence-electron chi connectivity index (χ4n) is 2.12. The maximum absolute atomic E-state index is 6.06. The predicted octanol–water partition coefficient (Wildman–Crippen LogP) is 3.84. The van der Waals surface area contributed by atoms with E-state index in [2.05, 4.69) is 31.2 Å². The largest absolute Gasteiger partial charge is 0.382 e. The first-order valence-electron chi connectivity index (χ1n) is 6.94. The first-order valence-corrected chi connectivity index (χ1v) is 7.48. The van der Waals surface area contributed by atoms with Crippen LogP contribution in [0.25, 0.3) is 0 Å². The Hall–Kier alpha value is -0.570. The summed E-state index contributed by atoms with van der Waals surface area (Å²) in [4.78, 5) is 0. The van der Waals surface area contributed by atoms with Crippen molar-refractivity contribution < 1.29 is 9.47 Å². The number of methoxy groups -OCH3 is 1. The minimum absolute atomic E-state index is 0.537. The summed E-state index contributed by atoms with van der Waals surface area (Å²) >= 11 is 6.06. The molecular formula is C16H25ClO2. The molecule has 0 aliphatic carbocycles. The Morgan fingerprint density at radius 3 is 2.74 bits per heavy atom. The molecule has 1 atom stereocenters. The molecule has 0 fully saturated rings. The van der Waals surface area contributed by atoms with E-state index >= 15 is 0 Å². The Kier molecular flexibility index (Phi) is 8.89. The second kappa shape index (κ2) is 10.2. The number of aryl methyl sites for hydroxylation is 1. The van der Waals surface area contributed by atoms with Gasteiger partial charge in [-0.1, -0.05) is 29.8 Å². The molecule has 1 rings (SSSR count). The molecule has 3 heteroatoms. The maximum Gasteiger partial charge on any atom is 0.0700 e. The van der Waals surface area contributed by atoms with Gasteiger partial charge in [-0.3, -0.25) is 0 Å². The van der Waals surface area contributed by atoms with Crippen LogP contribution in [0.3, 0.4) is 0 Å². The molecule has 1 unspecified atom stereocenters. The summed E-state index contributed by atoms with van der Waals surface area (Å²) in [6.45, 7) is 4.27. The van der Waals surface area contributed by atoms with Crippen molar-refractivity contribution >= 4 is 11.6 Å². The number of halogens is 1. The Morgan fingerprint density at radius 2 is 2.05 bits per heavy atom. The lowest BCUT2D eigenvalue weighted by molar-refractivity contribution is 0.0675. The molecule has 0 saturated carbocycles. The number of hydrogen-bond acceptors (Lipinski definition) is 2. The lowest BCUT2D eigenvalue weighted by atomic mass is 9.96. The van der Waals surface area contributed by atoms with Crippen molar-refractivity contribution in [3.8, 4) is 0 Å². The summed E-state index contributed by atoms with van der Waals surface area (Å²) in [7, 11) is 1.69. The molecule has 0 bridgehead atoms. The van der Waals surface area contributed by atoms with E-state index in [1.807, 2.05) is 0 Å². The Labute approximate surface area is 122 Å². The van der Waals surface area contributed by atoms with Crippen LogP contribution in [-0.2, 0) is 15.9 Å². The lowest BCUT2D eigenvalue weighted by Crippen LogP contribution is -2.09. The average molecular weight is 285 g/mol. The molecular weight excluding hydrogens is 260 g/mol. The van der Waals surface area contributed by atoms with Gasteiger partial charge in [-0.15, -0.1) is 11.6 Å². The minimum atomic E-state index is 0.537. The topological polar surface area (TPSA) is 18.5 Å². The number of ether oxygens (including phenoxy) is 2. The molecule has 0 aliphatic heterocycles. The quantitative estimate of drug-likeness (QED) is 0.480. The van der Waals surface area contributed by atoms with Gasteiger partial charge < -0.3 is 9.47 Å². The third-order valence-electron chi connectivity index (χ3n) is 3.16. The van der Waals surface area contributed by atoms with Crippen LogP contribution in [0.5, 0.6) is 0 Å². The minimum Gasteiger partial charge on any atom is -0.382 e. The number of benzene rings is 1. The van der Waals surface area contributed by atoms with Gasteiger partial charge in [0.15, 0.2) is 0 Å². The highest BCUT2D eigenvalue weighted by Crippen LogP contribution is 2.16. The van der Waals surface area contributed by atoms with E-state index in [9.17, 15) is 0 Å². The molecule has 0 aliphatic rings. The van der Waals surface area contributed by atoms with Crippen LogP contribution in [0.1, 0.15) is 24.0 Å². The molecule has 2 nitrogen and oxygen atoms in total. The molecule has 19 heavy (non-hydrogen) atoms. The van der Waals surface area contributed by atoms with Gasteiger partial charge in [0.2, 0.25) is 0 Å². The Morgan fingerprint density at radius 1 is 1.21 bits per heavy atom. The summed E-state index contributed by atoms with van der Waals surface area (Å²) in [6.07, 6.45) is 3.24. The van der Waals surface area contributed by atoms with Crippen LogP contribution < -0.4 is 0 Å². The number of alkyl halides is 1. The summed E-state index contributed by atoms with van der Waals surface area (Å²) in [5.41, 5.74) is 2.69. The standard InChI is InChI=1S/C16H25ClO2/c1-14-5-3-6-15(11-14)12-16(13-17)7-4-8-19-10-9-18-2/h3,5-6,11,16H,4,7-10,12-13H2,1-2H3. The first kappa shape index (κ1) is 16.5. The summed E-state index contributed by atoms with van der Waals surface area (Å²) in [5, 5.41) is 0. The van der Waals surface area contributed by atoms with Gasteiger partial charge in [0.25, 0.3) is 0 Å². The van der Waals surface area contributed by atoms with Crippen LogP contribution in [-0.4, -0.2) is 32.8 Å². The molecule has 0 N–H and O–H groups in total. The Bertz CT molecular complexity index is 341. The maximum atomic E-state index is 6.06. The van der Waals surface area contributed by atoms with E-state index in [0.29, 0.717) is 25.0 Å². The Balaban J connectivity index is 2.22. The van der Waals surface area contributed by atoms with Gasteiger partial charge in [-0.05, 0) is 37.7 Å². The van der Waals surface area contributed by atoms with Crippen molar-refractivity contribution in [1.29, 1.82) is 0 Å². The highest BCUT2D eigenvalue weighted by Gasteiger charge is 2.08. The fraction of sp³-hybridized carbons (Fsp3) is 0.625. The summed E-state index contributed by atoms with van der Waals surface area (Å²) < 4.78 is 10.4. The van der Waals surface area contributed by atoms with Gasteiger partial charge in [0.1, 0.15) is 0 Å². The molecule has 0 radical (unpaired) electrons. The van der Waals surface area contributed by atoms with Gasteiger partial charge in [-0.25, -0.2) is 0 Å². The van der Waals surface area contributed by atoms with Crippen LogP contribution in [0.4, 0.5) is 0 Å². The third-order valence-corrected chi connectivity index (χ3v) is 3.59. The van der Waals surface area contributed by atoms with Crippen molar-refractivity contribution in [2.24, 2.45) is 5.92 Å². The van der Waals surface area contributed by atoms with Gasteiger partial charge in [0, 0.05) is 19.6 Å². The SMILES string of the molecule is COCCOCCCC(CCl)Cc1cccc(C)c1. The second-order valence-corrected chi connectivity index (χ2v) is 5.27. The van der Waals surface area contributed by atoms with Crippen LogP contribution in [0.2, 0.25) is 0 Å². The molecule has 0 spiro atoms. The lowest BCUT2D eigenvalue weighted by Gasteiger charge is -2.14. The molecule has 0 saturated heterocycles. The van der Waals surface area contributed by atoms with Crippen molar-refractivity contribution in [2.45, 2.75) is 26.2 Å². The molecule has 0 aromatic heterocycles. The van der Waals surface area contributed by atoms with Crippen LogP contribution in [0.15, 0.2) is 24.3 Å². The number of rotatable bonds is 10. The zero-order valence-electron chi connectivity index (χ0n) is 12.0. The molecule has 0 heterocycles. The van der Waals surface area contributed by atoms with Gasteiger partial charge in [-0.2, -0.15) is 0 Å². The molecule has 108 valence electrons. The first-order chi connectivity index (χ1) is 9.26. The van der Waals surface area contributed by atoms with E-state index in [1.54, 1.807) is 7.11 Å². The van der Waals surface area contributed by atoms with E-state index < -0.39 is 0 Å². The predicted molar refractivity (Wildman–Crippen MR) is 81.0 cm³/mol. The van der Waals surface area contributed by atoms with Gasteiger partial charge in [0.05, 0.1) is 13.2 Å². The fourth-order valence-corrected chi connectivity index (χ4v) is 2.39. The van der Waals surface area contributed by atoms with Crippen LogP contribution in [0, 0.1) is 12.8 Å². The molecule has 1 aromatic rings. The van der Waals surface area contributed by atoms with Crippen LogP contribution >= 0.6 is 11.6 Å². The highest BCUT2D eigenvalue weighted by molar-refractivity contribution is 6.18. The smallest absolute Gasteiger partial charge is 0.0700 e.